The Morgan fingerprint density at radius 1 is 1.15 bits per heavy atom. The van der Waals surface area contributed by atoms with Gasteiger partial charge < -0.3 is 5.32 Å². The number of hydrogen-bond donors (Lipinski definition) is 1. The lowest BCUT2D eigenvalue weighted by Crippen LogP contribution is -2.31. The van der Waals surface area contributed by atoms with Gasteiger partial charge in [0.15, 0.2) is 0 Å². The minimum atomic E-state index is 0.188. The van der Waals surface area contributed by atoms with Gasteiger partial charge in [0, 0.05) is 27.0 Å². The molecule has 2 heterocycles. The van der Waals surface area contributed by atoms with E-state index in [1.165, 1.54) is 21.4 Å². The zero-order valence-electron chi connectivity index (χ0n) is 11.9. The maximum Gasteiger partial charge on any atom is 0.0444 e. The Kier molecular flexibility index (Phi) is 2.43. The van der Waals surface area contributed by atoms with Crippen LogP contribution in [-0.4, -0.2) is 5.54 Å². The lowest BCUT2D eigenvalue weighted by Gasteiger charge is -2.21. The van der Waals surface area contributed by atoms with E-state index >= 15 is 0 Å². The number of thiophene rings is 1. The van der Waals surface area contributed by atoms with Crippen LogP contribution in [0.2, 0.25) is 0 Å². The molecule has 2 heteroatoms. The Morgan fingerprint density at radius 3 is 2.90 bits per heavy atom. The van der Waals surface area contributed by atoms with Crippen molar-refractivity contribution in [3.63, 3.8) is 0 Å². The summed E-state index contributed by atoms with van der Waals surface area (Å²) in [4.78, 5) is 1.53. The van der Waals surface area contributed by atoms with Crippen LogP contribution in [0.4, 0.5) is 0 Å². The number of nitrogens with one attached hydrogen (secondary N) is 1. The molecule has 0 bridgehead atoms. The molecule has 1 aliphatic carbocycles. The molecule has 1 saturated carbocycles. The predicted octanol–water partition coefficient (Wildman–Crippen LogP) is 4.54. The summed E-state index contributed by atoms with van der Waals surface area (Å²) >= 11 is 1.96. The van der Waals surface area contributed by atoms with Gasteiger partial charge in [0.25, 0.3) is 0 Å². The summed E-state index contributed by atoms with van der Waals surface area (Å²) < 4.78 is 1.42. The first-order valence-corrected chi connectivity index (χ1v) is 8.06. The summed E-state index contributed by atoms with van der Waals surface area (Å²) in [5.41, 5.74) is 2.01. The Balaban J connectivity index is 1.98. The van der Waals surface area contributed by atoms with E-state index in [9.17, 15) is 0 Å². The number of benzene rings is 1. The maximum absolute atomic E-state index is 3.61. The fourth-order valence-corrected chi connectivity index (χ4v) is 4.93. The molecule has 0 spiro atoms. The molecule has 1 N–H and O–H groups in total. The Bertz CT molecular complexity index is 739. The van der Waals surface area contributed by atoms with Crippen molar-refractivity contribution in [1.29, 1.82) is 0 Å². The van der Waals surface area contributed by atoms with Gasteiger partial charge in [0.1, 0.15) is 0 Å². The number of rotatable bonds is 0. The van der Waals surface area contributed by atoms with E-state index < -0.39 is 0 Å². The van der Waals surface area contributed by atoms with E-state index in [2.05, 4.69) is 67.9 Å². The SMILES string of the molecule is C[C@@]12C[C@]1(C)N/C=C\C=C/Cc1sc3ccccc3c12. The molecule has 2 atom stereocenters. The van der Waals surface area contributed by atoms with Crippen LogP contribution < -0.4 is 5.32 Å². The van der Waals surface area contributed by atoms with Crippen molar-refractivity contribution in [3.8, 4) is 0 Å². The standard InChI is InChI=1S/C18H19NS/c1-17-12-18(17,2)19-11-7-3-4-10-15-16(17)13-8-5-6-9-14(13)20-15/h3-9,11,19H,10,12H2,1-2H3/b4-3-,11-7-/t17-,18-/m0/s1. The lowest BCUT2D eigenvalue weighted by atomic mass is 9.89. The van der Waals surface area contributed by atoms with Gasteiger partial charge >= 0.3 is 0 Å². The first-order valence-electron chi connectivity index (χ1n) is 7.24. The van der Waals surface area contributed by atoms with Crippen molar-refractivity contribution in [2.24, 2.45) is 0 Å². The Hall–Kier alpha value is -1.54. The first-order chi connectivity index (χ1) is 9.64. The lowest BCUT2D eigenvalue weighted by molar-refractivity contribution is 0.539. The van der Waals surface area contributed by atoms with Crippen LogP contribution in [0.3, 0.4) is 0 Å². The van der Waals surface area contributed by atoms with E-state index in [0.29, 0.717) is 0 Å². The molecule has 1 aromatic carbocycles. The van der Waals surface area contributed by atoms with E-state index in [4.69, 9.17) is 0 Å². The summed E-state index contributed by atoms with van der Waals surface area (Å²) in [6.45, 7) is 4.76. The van der Waals surface area contributed by atoms with Crippen LogP contribution in [0.1, 0.15) is 30.7 Å². The highest BCUT2D eigenvalue weighted by Gasteiger charge is 2.63. The molecule has 20 heavy (non-hydrogen) atoms. The van der Waals surface area contributed by atoms with Crippen molar-refractivity contribution in [3.05, 3.63) is 59.1 Å². The van der Waals surface area contributed by atoms with Crippen LogP contribution in [0.15, 0.2) is 48.7 Å². The van der Waals surface area contributed by atoms with Crippen molar-refractivity contribution < 1.29 is 0 Å². The average Bonchev–Trinajstić information content (AvgIpc) is 2.81. The average molecular weight is 281 g/mol. The fourth-order valence-electron chi connectivity index (χ4n) is 3.62. The Morgan fingerprint density at radius 2 is 2.00 bits per heavy atom. The summed E-state index contributed by atoms with van der Waals surface area (Å²) in [6.07, 6.45) is 10.9. The quantitative estimate of drug-likeness (QED) is 0.747. The van der Waals surface area contributed by atoms with Crippen molar-refractivity contribution in [1.82, 2.24) is 5.32 Å². The molecule has 1 aliphatic heterocycles. The van der Waals surface area contributed by atoms with Gasteiger partial charge in [0.05, 0.1) is 0 Å². The third-order valence-corrected chi connectivity index (χ3v) is 6.26. The fraction of sp³-hybridized carbons (Fsp3) is 0.333. The summed E-state index contributed by atoms with van der Waals surface area (Å²) in [6, 6.07) is 8.86. The topological polar surface area (TPSA) is 12.0 Å². The van der Waals surface area contributed by atoms with E-state index in [-0.39, 0.29) is 11.0 Å². The predicted molar refractivity (Wildman–Crippen MR) is 87.3 cm³/mol. The van der Waals surface area contributed by atoms with Gasteiger partial charge in [-0.05, 0) is 42.6 Å². The van der Waals surface area contributed by atoms with E-state index in [0.717, 1.165) is 6.42 Å². The zero-order valence-corrected chi connectivity index (χ0v) is 12.8. The number of hydrogen-bond acceptors (Lipinski definition) is 2. The second kappa shape index (κ2) is 3.98. The van der Waals surface area contributed by atoms with Crippen molar-refractivity contribution >= 4 is 21.4 Å². The van der Waals surface area contributed by atoms with Crippen LogP contribution in [0, 0.1) is 0 Å². The van der Waals surface area contributed by atoms with Crippen molar-refractivity contribution in [2.45, 2.75) is 37.6 Å². The van der Waals surface area contributed by atoms with Gasteiger partial charge in [-0.15, -0.1) is 11.3 Å². The zero-order chi connectivity index (χ0) is 13.8. The third kappa shape index (κ3) is 1.55. The summed E-state index contributed by atoms with van der Waals surface area (Å²) in [7, 11) is 0. The highest BCUT2D eigenvalue weighted by atomic mass is 32.1. The van der Waals surface area contributed by atoms with Crippen LogP contribution in [0.25, 0.3) is 10.1 Å². The van der Waals surface area contributed by atoms with E-state index in [1.807, 2.05) is 11.3 Å². The van der Waals surface area contributed by atoms with Crippen LogP contribution in [-0.2, 0) is 11.8 Å². The summed E-state index contributed by atoms with van der Waals surface area (Å²) in [5, 5.41) is 5.07. The van der Waals surface area contributed by atoms with Crippen LogP contribution in [0.5, 0.6) is 0 Å². The minimum Gasteiger partial charge on any atom is -0.385 e. The largest absolute Gasteiger partial charge is 0.385 e. The molecule has 0 radical (unpaired) electrons. The molecule has 2 aliphatic rings. The molecule has 0 saturated heterocycles. The Labute approximate surface area is 124 Å². The smallest absolute Gasteiger partial charge is 0.0444 e. The second-order valence-electron chi connectivity index (χ2n) is 6.37. The number of fused-ring (bicyclic) bond motifs is 5. The molecule has 0 amide bonds. The second-order valence-corrected chi connectivity index (χ2v) is 7.51. The van der Waals surface area contributed by atoms with E-state index in [1.54, 1.807) is 5.56 Å². The highest BCUT2D eigenvalue weighted by molar-refractivity contribution is 7.19. The van der Waals surface area contributed by atoms with Crippen molar-refractivity contribution in [2.75, 3.05) is 0 Å². The normalized spacial score (nSPS) is 34.7. The van der Waals surface area contributed by atoms with Gasteiger partial charge in [-0.1, -0.05) is 37.3 Å². The molecule has 0 unspecified atom stereocenters. The van der Waals surface area contributed by atoms with Crippen LogP contribution >= 0.6 is 11.3 Å². The monoisotopic (exact) mass is 281 g/mol. The van der Waals surface area contributed by atoms with Gasteiger partial charge in [-0.25, -0.2) is 0 Å². The first kappa shape index (κ1) is 12.2. The molecule has 1 fully saturated rings. The van der Waals surface area contributed by atoms with Gasteiger partial charge in [0.2, 0.25) is 0 Å². The third-order valence-electron chi connectivity index (χ3n) is 5.07. The minimum absolute atomic E-state index is 0.188. The highest BCUT2D eigenvalue weighted by Crippen LogP contribution is 2.60. The molecular weight excluding hydrogens is 262 g/mol. The molecular formula is C18H19NS. The summed E-state index contributed by atoms with van der Waals surface area (Å²) in [5.74, 6) is 0. The van der Waals surface area contributed by atoms with Gasteiger partial charge in [-0.2, -0.15) is 0 Å². The maximum atomic E-state index is 3.61. The number of allylic oxidation sites excluding steroid dienone is 3. The molecule has 1 nitrogen and oxygen atoms in total. The van der Waals surface area contributed by atoms with Gasteiger partial charge in [-0.3, -0.25) is 0 Å². The molecule has 4 rings (SSSR count). The molecule has 2 aromatic rings. The molecule has 102 valence electrons. The molecule has 1 aromatic heterocycles.